The molecule has 152 valence electrons. The first-order valence-electron chi connectivity index (χ1n) is 9.09. The molecule has 3 aromatic rings. The predicted octanol–water partition coefficient (Wildman–Crippen LogP) is 2.97. The molecule has 0 unspecified atom stereocenters. The number of halogens is 2. The summed E-state index contributed by atoms with van der Waals surface area (Å²) in [4.78, 5) is 3.98. The minimum Gasteiger partial charge on any atom is -0.380 e. The Bertz CT molecular complexity index is 1120. The van der Waals surface area contributed by atoms with Crippen molar-refractivity contribution in [1.82, 2.24) is 13.9 Å². The highest BCUT2D eigenvalue weighted by Gasteiger charge is 2.41. The fourth-order valence-corrected chi connectivity index (χ4v) is 5.06. The average molecular weight is 418 g/mol. The Kier molecular flexibility index (Phi) is 5.10. The Hall–Kier alpha value is -2.78. The van der Waals surface area contributed by atoms with Gasteiger partial charge in [-0.1, -0.05) is 30.3 Å². The Morgan fingerprint density at radius 3 is 2.48 bits per heavy atom. The van der Waals surface area contributed by atoms with E-state index in [9.17, 15) is 17.2 Å². The lowest BCUT2D eigenvalue weighted by molar-refractivity contribution is 0.468. The summed E-state index contributed by atoms with van der Waals surface area (Å²) in [5.41, 5.74) is 1.36. The number of anilines is 1. The van der Waals surface area contributed by atoms with Gasteiger partial charge in [-0.15, -0.1) is 0 Å². The third kappa shape index (κ3) is 3.88. The molecule has 2 atom stereocenters. The van der Waals surface area contributed by atoms with Crippen LogP contribution in [-0.4, -0.2) is 41.4 Å². The van der Waals surface area contributed by atoms with Gasteiger partial charge >= 0.3 is 0 Å². The molecule has 4 rings (SSSR count). The second kappa shape index (κ2) is 7.57. The number of hydrogen-bond acceptors (Lipinski definition) is 4. The highest BCUT2D eigenvalue weighted by Crippen LogP contribution is 2.33. The third-order valence-corrected chi connectivity index (χ3v) is 6.79. The van der Waals surface area contributed by atoms with Crippen LogP contribution in [0, 0.1) is 11.6 Å². The largest absolute Gasteiger partial charge is 0.380 e. The average Bonchev–Trinajstić information content (AvgIpc) is 3.33. The van der Waals surface area contributed by atoms with Crippen molar-refractivity contribution in [2.75, 3.05) is 18.4 Å². The molecule has 1 fully saturated rings. The second-order valence-electron chi connectivity index (χ2n) is 7.10. The number of sulfonamides is 1. The van der Waals surface area contributed by atoms with Gasteiger partial charge in [-0.3, -0.25) is 0 Å². The van der Waals surface area contributed by atoms with Crippen LogP contribution in [0.1, 0.15) is 11.5 Å². The first kappa shape index (κ1) is 19.5. The van der Waals surface area contributed by atoms with Crippen LogP contribution in [0.2, 0.25) is 0 Å². The third-order valence-electron chi connectivity index (χ3n) is 5.07. The summed E-state index contributed by atoms with van der Waals surface area (Å²) >= 11 is 0. The Labute approximate surface area is 167 Å². The number of rotatable bonds is 5. The zero-order chi connectivity index (χ0) is 20.6. The van der Waals surface area contributed by atoms with E-state index in [1.807, 2.05) is 30.3 Å². The Morgan fingerprint density at radius 2 is 1.83 bits per heavy atom. The summed E-state index contributed by atoms with van der Waals surface area (Å²) in [7, 11) is -2.07. The van der Waals surface area contributed by atoms with Crippen LogP contribution >= 0.6 is 0 Å². The quantitative estimate of drug-likeness (QED) is 0.692. The maximum Gasteiger partial charge on any atom is 0.262 e. The highest BCUT2D eigenvalue weighted by molar-refractivity contribution is 7.89. The molecule has 1 aliphatic rings. The van der Waals surface area contributed by atoms with Gasteiger partial charge in [0.05, 0.1) is 6.33 Å². The van der Waals surface area contributed by atoms with Crippen molar-refractivity contribution < 1.29 is 17.2 Å². The lowest BCUT2D eigenvalue weighted by Gasteiger charge is -2.21. The first-order chi connectivity index (χ1) is 13.8. The van der Waals surface area contributed by atoms with E-state index >= 15 is 0 Å². The normalized spacial score (nSPS) is 20.1. The van der Waals surface area contributed by atoms with E-state index in [2.05, 4.69) is 10.3 Å². The molecule has 0 saturated carbocycles. The van der Waals surface area contributed by atoms with Crippen LogP contribution in [0.3, 0.4) is 0 Å². The molecular formula is C20H20F2N4O2S. The number of aromatic nitrogens is 2. The van der Waals surface area contributed by atoms with Crippen molar-refractivity contribution in [1.29, 1.82) is 0 Å². The first-order valence-corrected chi connectivity index (χ1v) is 10.5. The maximum absolute atomic E-state index is 13.6. The van der Waals surface area contributed by atoms with Crippen LogP contribution in [0.5, 0.6) is 0 Å². The molecule has 0 amide bonds. The molecule has 0 bridgehead atoms. The molecule has 9 heteroatoms. The van der Waals surface area contributed by atoms with Gasteiger partial charge in [0, 0.05) is 50.0 Å². The summed E-state index contributed by atoms with van der Waals surface area (Å²) in [6.45, 7) is 0.432. The number of benzene rings is 2. The van der Waals surface area contributed by atoms with E-state index in [0.29, 0.717) is 5.69 Å². The topological polar surface area (TPSA) is 67.2 Å². The molecule has 1 aliphatic heterocycles. The van der Waals surface area contributed by atoms with Crippen LogP contribution in [-0.2, 0) is 17.1 Å². The number of nitrogens with zero attached hydrogens (tertiary/aromatic N) is 3. The molecule has 6 nitrogen and oxygen atoms in total. The highest BCUT2D eigenvalue weighted by atomic mass is 32.2. The van der Waals surface area contributed by atoms with Gasteiger partial charge in [0.15, 0.2) is 16.7 Å². The fraction of sp³-hybridized carbons (Fsp3) is 0.250. The number of aryl methyl sites for hydroxylation is 1. The molecule has 0 aliphatic carbocycles. The molecule has 1 saturated heterocycles. The van der Waals surface area contributed by atoms with Crippen molar-refractivity contribution in [2.24, 2.45) is 7.05 Å². The molecule has 1 aromatic heterocycles. The van der Waals surface area contributed by atoms with Crippen LogP contribution < -0.4 is 5.32 Å². The Balaban J connectivity index is 1.65. The standard InChI is InChI=1S/C20H20F2N4O2S/c1-25-12-20(23-13-25)29(27,28)26-10-16(14-5-3-2-4-6-14)19(11-26)24-15-7-8-17(21)18(22)9-15/h2-9,12-13,16,19,24H,10-11H2,1H3/t16-,19+/m1/s1. The molecular weight excluding hydrogens is 398 g/mol. The van der Waals surface area contributed by atoms with Crippen LogP contribution in [0.25, 0.3) is 0 Å². The fourth-order valence-electron chi connectivity index (χ4n) is 3.60. The Morgan fingerprint density at radius 1 is 1.07 bits per heavy atom. The van der Waals surface area contributed by atoms with E-state index in [4.69, 9.17) is 0 Å². The van der Waals surface area contributed by atoms with Gasteiger partial charge in [-0.05, 0) is 17.7 Å². The number of hydrogen-bond donors (Lipinski definition) is 1. The second-order valence-corrected chi connectivity index (χ2v) is 8.98. The van der Waals surface area contributed by atoms with E-state index in [1.54, 1.807) is 11.6 Å². The molecule has 2 aromatic carbocycles. The maximum atomic E-state index is 13.6. The SMILES string of the molecule is Cn1cnc(S(=O)(=O)N2C[C@H](Nc3ccc(F)c(F)c3)[C@@H](c3ccccc3)C2)c1. The minimum atomic E-state index is -3.77. The van der Waals surface area contributed by atoms with Crippen molar-refractivity contribution >= 4 is 15.7 Å². The number of imidazole rings is 1. The smallest absolute Gasteiger partial charge is 0.262 e. The van der Waals surface area contributed by atoms with Gasteiger partial charge in [0.1, 0.15) is 0 Å². The number of nitrogens with one attached hydrogen (secondary N) is 1. The summed E-state index contributed by atoms with van der Waals surface area (Å²) in [5, 5.41) is 3.16. The van der Waals surface area contributed by atoms with Gasteiger partial charge in [0.2, 0.25) is 0 Å². The molecule has 1 N–H and O–H groups in total. The van der Waals surface area contributed by atoms with Crippen molar-refractivity contribution in [2.45, 2.75) is 17.0 Å². The lowest BCUT2D eigenvalue weighted by Crippen LogP contribution is -2.32. The zero-order valence-corrected chi connectivity index (χ0v) is 16.5. The van der Waals surface area contributed by atoms with Crippen molar-refractivity contribution in [3.05, 3.63) is 78.3 Å². The molecule has 0 radical (unpaired) electrons. The van der Waals surface area contributed by atoms with E-state index in [0.717, 1.165) is 17.7 Å². The van der Waals surface area contributed by atoms with Gasteiger partial charge in [-0.25, -0.2) is 22.2 Å². The minimum absolute atomic E-state index is 0.0136. The summed E-state index contributed by atoms with van der Waals surface area (Å²) in [6, 6.07) is 12.8. The zero-order valence-electron chi connectivity index (χ0n) is 15.7. The monoisotopic (exact) mass is 418 g/mol. The van der Waals surface area contributed by atoms with Crippen molar-refractivity contribution in [3.8, 4) is 0 Å². The van der Waals surface area contributed by atoms with E-state index < -0.39 is 21.7 Å². The van der Waals surface area contributed by atoms with Crippen LogP contribution in [0.15, 0.2) is 66.1 Å². The molecule has 0 spiro atoms. The van der Waals surface area contributed by atoms with E-state index in [-0.39, 0.29) is 30.1 Å². The summed E-state index contributed by atoms with van der Waals surface area (Å²) in [6.07, 6.45) is 2.90. The van der Waals surface area contributed by atoms with Gasteiger partial charge < -0.3 is 9.88 Å². The summed E-state index contributed by atoms with van der Waals surface area (Å²) in [5.74, 6) is -2.05. The van der Waals surface area contributed by atoms with Gasteiger partial charge in [-0.2, -0.15) is 4.31 Å². The van der Waals surface area contributed by atoms with Crippen molar-refractivity contribution in [3.63, 3.8) is 0 Å². The molecule has 29 heavy (non-hydrogen) atoms. The molecule has 2 heterocycles. The lowest BCUT2D eigenvalue weighted by atomic mass is 9.94. The predicted molar refractivity (Wildman–Crippen MR) is 105 cm³/mol. The van der Waals surface area contributed by atoms with Crippen LogP contribution in [0.4, 0.5) is 14.5 Å². The summed E-state index contributed by atoms with van der Waals surface area (Å²) < 4.78 is 55.9. The van der Waals surface area contributed by atoms with Gasteiger partial charge in [0.25, 0.3) is 10.0 Å². The van der Waals surface area contributed by atoms with E-state index in [1.165, 1.54) is 22.9 Å².